The van der Waals surface area contributed by atoms with Crippen LogP contribution in [0.5, 0.6) is 5.75 Å². The maximum atomic E-state index is 13.0. The number of benzene rings is 1. The minimum absolute atomic E-state index is 0.0558. The van der Waals surface area contributed by atoms with Crippen molar-refractivity contribution < 1.29 is 14.3 Å². The first kappa shape index (κ1) is 22.2. The van der Waals surface area contributed by atoms with Gasteiger partial charge in [-0.2, -0.15) is 10.2 Å². The summed E-state index contributed by atoms with van der Waals surface area (Å²) in [6.45, 7) is 1.47. The van der Waals surface area contributed by atoms with Crippen molar-refractivity contribution in [3.63, 3.8) is 0 Å². The number of nitrogens with one attached hydrogen (secondary N) is 1. The molecule has 0 saturated carbocycles. The van der Waals surface area contributed by atoms with Gasteiger partial charge in [0, 0.05) is 31.4 Å². The Morgan fingerprint density at radius 2 is 1.94 bits per heavy atom. The molecule has 1 aromatic carbocycles. The monoisotopic (exact) mass is 476 g/mol. The largest absolute Gasteiger partial charge is 0.470 e. The lowest BCUT2D eigenvalue weighted by Gasteiger charge is -2.27. The fourth-order valence-corrected chi connectivity index (χ4v) is 3.96. The number of carbonyl (C=O) groups is 2. The van der Waals surface area contributed by atoms with Crippen LogP contribution in [0.2, 0.25) is 10.0 Å². The van der Waals surface area contributed by atoms with Crippen molar-refractivity contribution in [2.45, 2.75) is 26.0 Å². The van der Waals surface area contributed by atoms with E-state index in [2.05, 4.69) is 15.5 Å². The summed E-state index contributed by atoms with van der Waals surface area (Å²) in [7, 11) is 1.68. The zero-order chi connectivity index (χ0) is 22.7. The summed E-state index contributed by atoms with van der Waals surface area (Å²) in [6, 6.07) is 6.47. The minimum atomic E-state index is -0.450. The summed E-state index contributed by atoms with van der Waals surface area (Å²) < 4.78 is 8.57. The average Bonchev–Trinajstić information content (AvgIpc) is 3.40. The molecule has 1 aliphatic rings. The van der Waals surface area contributed by atoms with Gasteiger partial charge < -0.3 is 15.0 Å². The number of hydrogen-bond acceptors (Lipinski definition) is 5. The average molecular weight is 477 g/mol. The predicted molar refractivity (Wildman–Crippen MR) is 120 cm³/mol. The molecule has 9 nitrogen and oxygen atoms in total. The number of likely N-dealkylation sites (tertiary alicyclic amines) is 1. The standard InChI is InChI=1S/C21H22Cl2N6O3/c1-27-19(21(31)28-8-3-2-4-9-28)17(12-24-27)25-20(30)16-7-10-29(26-16)13-32-18-6-5-14(22)11-15(18)23/h5-7,10-12H,2-4,8-9,13H2,1H3,(H,25,30). The number of nitrogens with zero attached hydrogens (tertiary/aromatic N) is 5. The van der Waals surface area contributed by atoms with Crippen LogP contribution in [0.25, 0.3) is 0 Å². The van der Waals surface area contributed by atoms with Crippen LogP contribution in [0.15, 0.2) is 36.7 Å². The third kappa shape index (κ3) is 4.89. The highest BCUT2D eigenvalue weighted by Crippen LogP contribution is 2.27. The van der Waals surface area contributed by atoms with Crippen LogP contribution in [0.4, 0.5) is 5.69 Å². The minimum Gasteiger partial charge on any atom is -0.470 e. The quantitative estimate of drug-likeness (QED) is 0.583. The topological polar surface area (TPSA) is 94.3 Å². The lowest BCUT2D eigenvalue weighted by atomic mass is 10.1. The molecule has 1 N–H and O–H groups in total. The molecule has 1 fully saturated rings. The summed E-state index contributed by atoms with van der Waals surface area (Å²) >= 11 is 12.0. The molecule has 1 aliphatic heterocycles. The van der Waals surface area contributed by atoms with Crippen molar-refractivity contribution in [1.29, 1.82) is 0 Å². The van der Waals surface area contributed by atoms with Gasteiger partial charge in [-0.1, -0.05) is 23.2 Å². The van der Waals surface area contributed by atoms with Crippen molar-refractivity contribution in [2.75, 3.05) is 18.4 Å². The third-order valence-electron chi connectivity index (χ3n) is 5.15. The van der Waals surface area contributed by atoms with Crippen molar-refractivity contribution in [1.82, 2.24) is 24.5 Å². The van der Waals surface area contributed by atoms with Gasteiger partial charge in [0.25, 0.3) is 11.8 Å². The smallest absolute Gasteiger partial charge is 0.276 e. The van der Waals surface area contributed by atoms with Gasteiger partial charge in [0.2, 0.25) is 0 Å². The van der Waals surface area contributed by atoms with Gasteiger partial charge in [0.1, 0.15) is 11.4 Å². The van der Waals surface area contributed by atoms with Crippen LogP contribution in [0, 0.1) is 0 Å². The lowest BCUT2D eigenvalue weighted by Crippen LogP contribution is -2.37. The van der Waals surface area contributed by atoms with E-state index in [1.165, 1.54) is 15.6 Å². The summed E-state index contributed by atoms with van der Waals surface area (Å²) in [5.74, 6) is -0.137. The first-order chi connectivity index (χ1) is 15.4. The van der Waals surface area contributed by atoms with Gasteiger partial charge in [0.05, 0.1) is 16.9 Å². The van der Waals surface area contributed by atoms with Crippen molar-refractivity contribution in [3.8, 4) is 5.75 Å². The van der Waals surface area contributed by atoms with E-state index in [1.807, 2.05) is 0 Å². The van der Waals surface area contributed by atoms with Crippen LogP contribution in [-0.4, -0.2) is 49.4 Å². The lowest BCUT2D eigenvalue weighted by molar-refractivity contribution is 0.0714. The Morgan fingerprint density at radius 1 is 1.16 bits per heavy atom. The maximum absolute atomic E-state index is 13.0. The van der Waals surface area contributed by atoms with Crippen LogP contribution in [0.1, 0.15) is 40.2 Å². The Kier molecular flexibility index (Phi) is 6.66. The number of amides is 2. The maximum Gasteiger partial charge on any atom is 0.276 e. The van der Waals surface area contributed by atoms with E-state index in [0.29, 0.717) is 40.3 Å². The van der Waals surface area contributed by atoms with Gasteiger partial charge in [0.15, 0.2) is 12.4 Å². The summed E-state index contributed by atoms with van der Waals surface area (Å²) in [5, 5.41) is 12.0. The van der Waals surface area contributed by atoms with Crippen molar-refractivity contribution >= 4 is 40.7 Å². The summed E-state index contributed by atoms with van der Waals surface area (Å²) in [6.07, 6.45) is 6.16. The van der Waals surface area contributed by atoms with Crippen molar-refractivity contribution in [2.24, 2.45) is 7.05 Å². The summed E-state index contributed by atoms with van der Waals surface area (Å²) in [5.41, 5.74) is 0.878. The molecule has 0 atom stereocenters. The molecule has 0 radical (unpaired) electrons. The molecule has 1 saturated heterocycles. The van der Waals surface area contributed by atoms with Gasteiger partial charge in [-0.25, -0.2) is 4.68 Å². The predicted octanol–water partition coefficient (Wildman–Crippen LogP) is 3.84. The van der Waals surface area contributed by atoms with E-state index in [1.54, 1.807) is 42.4 Å². The zero-order valence-corrected chi connectivity index (χ0v) is 18.9. The van der Waals surface area contributed by atoms with Gasteiger partial charge in [-0.3, -0.25) is 14.3 Å². The molecule has 11 heteroatoms. The number of aryl methyl sites for hydroxylation is 1. The Hall–Kier alpha value is -3.04. The zero-order valence-electron chi connectivity index (χ0n) is 17.4. The second-order valence-corrected chi connectivity index (χ2v) is 8.27. The third-order valence-corrected chi connectivity index (χ3v) is 5.68. The number of hydrogen-bond donors (Lipinski definition) is 1. The number of ether oxygens (including phenoxy) is 1. The van der Waals surface area contributed by atoms with Crippen LogP contribution >= 0.6 is 23.2 Å². The number of piperidine rings is 1. The second-order valence-electron chi connectivity index (χ2n) is 7.43. The van der Waals surface area contributed by atoms with Crippen LogP contribution < -0.4 is 10.1 Å². The number of rotatable bonds is 6. The first-order valence-corrected chi connectivity index (χ1v) is 10.9. The Balaban J connectivity index is 1.42. The van der Waals surface area contributed by atoms with E-state index >= 15 is 0 Å². The molecule has 2 aromatic heterocycles. The molecule has 3 aromatic rings. The highest BCUT2D eigenvalue weighted by molar-refractivity contribution is 6.35. The molecule has 3 heterocycles. The highest BCUT2D eigenvalue weighted by atomic mass is 35.5. The second kappa shape index (κ2) is 9.62. The molecule has 0 unspecified atom stereocenters. The molecule has 0 bridgehead atoms. The number of anilines is 1. The van der Waals surface area contributed by atoms with E-state index < -0.39 is 5.91 Å². The van der Waals surface area contributed by atoms with Crippen LogP contribution in [-0.2, 0) is 13.8 Å². The van der Waals surface area contributed by atoms with Crippen LogP contribution in [0.3, 0.4) is 0 Å². The fraction of sp³-hybridized carbons (Fsp3) is 0.333. The Labute approximate surface area is 194 Å². The normalized spacial score (nSPS) is 13.8. The van der Waals surface area contributed by atoms with Gasteiger partial charge in [-0.05, 0) is 43.5 Å². The Morgan fingerprint density at radius 3 is 2.69 bits per heavy atom. The number of carbonyl (C=O) groups excluding carboxylic acids is 2. The molecule has 168 valence electrons. The van der Waals surface area contributed by atoms with E-state index in [0.717, 1.165) is 19.3 Å². The van der Waals surface area contributed by atoms with Crippen molar-refractivity contribution in [3.05, 3.63) is 58.1 Å². The SMILES string of the molecule is Cn1ncc(NC(=O)c2ccn(COc3ccc(Cl)cc3Cl)n2)c1C(=O)N1CCCCC1. The molecule has 0 spiro atoms. The van der Waals surface area contributed by atoms with E-state index in [4.69, 9.17) is 27.9 Å². The molecule has 2 amide bonds. The summed E-state index contributed by atoms with van der Waals surface area (Å²) in [4.78, 5) is 27.5. The first-order valence-electron chi connectivity index (χ1n) is 10.2. The molecular formula is C21H22Cl2N6O3. The van der Waals surface area contributed by atoms with E-state index in [9.17, 15) is 9.59 Å². The number of halogens is 2. The molecular weight excluding hydrogens is 455 g/mol. The van der Waals surface area contributed by atoms with E-state index in [-0.39, 0.29) is 18.3 Å². The van der Waals surface area contributed by atoms with Gasteiger partial charge >= 0.3 is 0 Å². The molecule has 0 aliphatic carbocycles. The molecule has 32 heavy (non-hydrogen) atoms. The Bertz CT molecular complexity index is 1140. The molecule has 4 rings (SSSR count). The highest BCUT2D eigenvalue weighted by Gasteiger charge is 2.25. The van der Waals surface area contributed by atoms with Gasteiger partial charge in [-0.15, -0.1) is 0 Å². The fourth-order valence-electron chi connectivity index (χ4n) is 3.50. The number of aromatic nitrogens is 4.